The fourth-order valence-electron chi connectivity index (χ4n) is 2.61. The van der Waals surface area contributed by atoms with Gasteiger partial charge in [0.2, 0.25) is 0 Å². The maximum Gasteiger partial charge on any atom is 0.352 e. The van der Waals surface area contributed by atoms with Crippen molar-refractivity contribution in [2.24, 2.45) is 5.16 Å². The van der Waals surface area contributed by atoms with Crippen LogP contribution < -0.4 is 11.1 Å². The van der Waals surface area contributed by atoms with Crippen molar-refractivity contribution in [1.29, 1.82) is 0 Å². The van der Waals surface area contributed by atoms with Crippen LogP contribution in [-0.4, -0.2) is 65.3 Å². The molecule has 1 unspecified atom stereocenters. The third kappa shape index (κ3) is 3.14. The van der Waals surface area contributed by atoms with Crippen molar-refractivity contribution < 1.29 is 24.7 Å². The molecule has 10 nitrogen and oxygen atoms in total. The van der Waals surface area contributed by atoms with Gasteiger partial charge in [0.05, 0.1) is 0 Å². The summed E-state index contributed by atoms with van der Waals surface area (Å²) < 4.78 is 0.493. The zero-order valence-corrected chi connectivity index (χ0v) is 16.7. The number of nitrogens with two attached hydrogens (primary N) is 1. The Balaban J connectivity index is 1.77. The number of nitrogens with zero attached hydrogens (tertiary/aromatic N) is 3. The number of fused-ring (bicyclic) bond motifs is 1. The topological polar surface area (TPSA) is 158 Å². The smallest absolute Gasteiger partial charge is 0.352 e. The summed E-state index contributed by atoms with van der Waals surface area (Å²) in [5.41, 5.74) is 5.86. The second-order valence-electron chi connectivity index (χ2n) is 5.27. The number of thioether (sulfide) groups is 1. The van der Waals surface area contributed by atoms with Crippen molar-refractivity contribution in [1.82, 2.24) is 15.2 Å². The van der Waals surface area contributed by atoms with Crippen molar-refractivity contribution in [2.45, 2.75) is 11.4 Å². The molecule has 138 valence electrons. The van der Waals surface area contributed by atoms with Crippen molar-refractivity contribution in [3.8, 4) is 0 Å². The van der Waals surface area contributed by atoms with E-state index in [1.165, 1.54) is 22.0 Å². The minimum absolute atomic E-state index is 0.0260. The van der Waals surface area contributed by atoms with E-state index in [-0.39, 0.29) is 22.2 Å². The molecule has 0 spiro atoms. The molecule has 0 saturated carbocycles. The van der Waals surface area contributed by atoms with E-state index < -0.39 is 29.2 Å². The Morgan fingerprint density at radius 2 is 2.27 bits per heavy atom. The number of amides is 2. The van der Waals surface area contributed by atoms with Crippen LogP contribution in [0.4, 0.5) is 5.13 Å². The number of halogens is 1. The van der Waals surface area contributed by atoms with Gasteiger partial charge in [0.25, 0.3) is 11.8 Å². The number of hydrogen-bond acceptors (Lipinski definition) is 9. The predicted octanol–water partition coefficient (Wildman–Crippen LogP) is 0.0772. The van der Waals surface area contributed by atoms with Gasteiger partial charge < -0.3 is 21.4 Å². The van der Waals surface area contributed by atoms with Gasteiger partial charge in [0.1, 0.15) is 22.8 Å². The largest absolute Gasteiger partial charge is 0.477 e. The average Bonchev–Trinajstić information content (AvgIpc) is 3.04. The second-order valence-corrected chi connectivity index (χ2v) is 8.03. The molecule has 3 heterocycles. The number of anilines is 1. The number of carboxylic acid groups (broad SMARTS) is 1. The van der Waals surface area contributed by atoms with Gasteiger partial charge in [-0.15, -0.1) is 23.1 Å². The van der Waals surface area contributed by atoms with E-state index in [4.69, 9.17) is 10.9 Å². The molecule has 13 heteroatoms. The van der Waals surface area contributed by atoms with Gasteiger partial charge in [-0.05, 0) is 5.57 Å². The van der Waals surface area contributed by atoms with E-state index in [0.717, 1.165) is 11.3 Å². The van der Waals surface area contributed by atoms with Crippen LogP contribution in [0, 0.1) is 0 Å². The summed E-state index contributed by atoms with van der Waals surface area (Å²) in [4.78, 5) is 41.3. The molecule has 2 aliphatic rings. The molecular formula is C13H12IN5O5S2. The lowest BCUT2D eigenvalue weighted by Crippen LogP contribution is -2.71. The molecule has 1 aromatic rings. The zero-order valence-electron chi connectivity index (χ0n) is 12.9. The highest BCUT2D eigenvalue weighted by Crippen LogP contribution is 2.40. The summed E-state index contributed by atoms with van der Waals surface area (Å²) in [5.74, 6) is -2.03. The first-order valence-electron chi connectivity index (χ1n) is 7.09. The minimum atomic E-state index is -1.17. The van der Waals surface area contributed by atoms with Gasteiger partial charge in [0.15, 0.2) is 10.8 Å². The van der Waals surface area contributed by atoms with Crippen molar-refractivity contribution >= 4 is 74.3 Å². The number of thiazole rings is 1. The van der Waals surface area contributed by atoms with Gasteiger partial charge in [-0.2, -0.15) is 0 Å². The molecule has 0 aromatic carbocycles. The first-order chi connectivity index (χ1) is 12.4. The monoisotopic (exact) mass is 509 g/mol. The Bertz CT molecular complexity index is 854. The molecule has 1 fully saturated rings. The molecular weight excluding hydrogens is 497 g/mol. The molecule has 1 saturated heterocycles. The summed E-state index contributed by atoms with van der Waals surface area (Å²) in [6.45, 7) is 0. The SMILES string of the molecule is Nc1nc(C(=NO)C(=O)NC2C(=O)N3C(C(=O)O)=C(CI)CS[C@@H]23)cs1. The van der Waals surface area contributed by atoms with Crippen LogP contribution in [0.3, 0.4) is 0 Å². The number of carbonyl (C=O) groups excluding carboxylic acids is 2. The van der Waals surface area contributed by atoms with E-state index in [9.17, 15) is 19.5 Å². The van der Waals surface area contributed by atoms with E-state index >= 15 is 0 Å². The summed E-state index contributed by atoms with van der Waals surface area (Å²) in [7, 11) is 0. The fourth-order valence-corrected chi connectivity index (χ4v) is 5.50. The Morgan fingerprint density at radius 1 is 1.54 bits per heavy atom. The maximum atomic E-state index is 12.4. The normalized spacial score (nSPS) is 22.7. The molecule has 26 heavy (non-hydrogen) atoms. The lowest BCUT2D eigenvalue weighted by molar-refractivity contribution is -0.150. The van der Waals surface area contributed by atoms with Gasteiger partial charge in [-0.25, -0.2) is 9.78 Å². The van der Waals surface area contributed by atoms with E-state index in [0.29, 0.717) is 15.8 Å². The zero-order chi connectivity index (χ0) is 19.0. The van der Waals surface area contributed by atoms with Gasteiger partial charge in [-0.1, -0.05) is 27.7 Å². The van der Waals surface area contributed by atoms with Gasteiger partial charge in [0, 0.05) is 15.6 Å². The Kier molecular flexibility index (Phi) is 5.38. The molecule has 2 atom stereocenters. The highest BCUT2D eigenvalue weighted by Gasteiger charge is 2.54. The third-order valence-corrected chi connectivity index (χ3v) is 6.71. The molecule has 0 radical (unpaired) electrons. The number of hydrogen-bond donors (Lipinski definition) is 4. The maximum absolute atomic E-state index is 12.4. The first-order valence-corrected chi connectivity index (χ1v) is 10.5. The van der Waals surface area contributed by atoms with Crippen molar-refractivity contribution in [3.05, 3.63) is 22.3 Å². The summed E-state index contributed by atoms with van der Waals surface area (Å²) in [6.07, 6.45) is 0. The van der Waals surface area contributed by atoms with E-state index in [1.54, 1.807) is 0 Å². The van der Waals surface area contributed by atoms with Crippen LogP contribution in [0.1, 0.15) is 5.69 Å². The number of nitrogen functional groups attached to an aromatic ring is 1. The first kappa shape index (κ1) is 18.9. The molecule has 0 bridgehead atoms. The summed E-state index contributed by atoms with van der Waals surface area (Å²) >= 11 is 4.49. The quantitative estimate of drug-likeness (QED) is 0.109. The fraction of sp³-hybridized carbons (Fsp3) is 0.308. The Morgan fingerprint density at radius 3 is 2.81 bits per heavy atom. The number of carboxylic acids is 1. The average molecular weight is 509 g/mol. The predicted molar refractivity (Wildman–Crippen MR) is 103 cm³/mol. The number of carbonyl (C=O) groups is 3. The lowest BCUT2D eigenvalue weighted by atomic mass is 10.0. The van der Waals surface area contributed by atoms with Crippen LogP contribution in [0.5, 0.6) is 0 Å². The van der Waals surface area contributed by atoms with Crippen LogP contribution in [0.15, 0.2) is 21.8 Å². The third-order valence-electron chi connectivity index (χ3n) is 3.78. The number of β-lactam (4-membered cyclic amide) rings is 1. The standard InChI is InChI=1S/C13H12IN5O5S2/c14-1-4-2-25-11-7(10(21)19(11)8(4)12(22)23)17-9(20)6(18-24)5-3-26-13(15)16-5/h3,7,11,24H,1-2H2,(H2,15,16)(H,17,20)(H,22,23)/t7?,11-/m0/s1. The van der Waals surface area contributed by atoms with Crippen LogP contribution >= 0.6 is 45.7 Å². The number of aliphatic carboxylic acids is 1. The van der Waals surface area contributed by atoms with Crippen LogP contribution in [0.25, 0.3) is 0 Å². The van der Waals surface area contributed by atoms with Crippen LogP contribution in [0.2, 0.25) is 0 Å². The Labute approximate surface area is 168 Å². The second kappa shape index (κ2) is 7.40. The highest BCUT2D eigenvalue weighted by atomic mass is 127. The van der Waals surface area contributed by atoms with Crippen molar-refractivity contribution in [2.75, 3.05) is 15.9 Å². The number of aromatic nitrogens is 1. The molecule has 2 amide bonds. The van der Waals surface area contributed by atoms with Gasteiger partial charge in [-0.3, -0.25) is 14.5 Å². The Hall–Kier alpha value is -1.87. The van der Waals surface area contributed by atoms with Gasteiger partial charge >= 0.3 is 5.97 Å². The molecule has 5 N–H and O–H groups in total. The number of alkyl halides is 1. The number of oxime groups is 1. The molecule has 2 aliphatic heterocycles. The van der Waals surface area contributed by atoms with E-state index in [2.05, 4.69) is 15.5 Å². The minimum Gasteiger partial charge on any atom is -0.477 e. The van der Waals surface area contributed by atoms with Crippen LogP contribution in [-0.2, 0) is 14.4 Å². The molecule has 0 aliphatic carbocycles. The summed E-state index contributed by atoms with van der Waals surface area (Å²) in [5, 5.41) is 25.1. The van der Waals surface area contributed by atoms with Crippen molar-refractivity contribution in [3.63, 3.8) is 0 Å². The number of rotatable bonds is 5. The molecule has 1 aromatic heterocycles. The van der Waals surface area contributed by atoms with E-state index in [1.807, 2.05) is 22.6 Å². The lowest BCUT2D eigenvalue weighted by Gasteiger charge is -2.49. The summed E-state index contributed by atoms with van der Waals surface area (Å²) in [6, 6.07) is -0.912. The molecule has 3 rings (SSSR count). The highest BCUT2D eigenvalue weighted by molar-refractivity contribution is 14.1. The number of nitrogens with one attached hydrogen (secondary N) is 1.